The zero-order chi connectivity index (χ0) is 23.8. The van der Waals surface area contributed by atoms with Crippen LogP contribution in [-0.2, 0) is 25.5 Å². The molecule has 0 radical (unpaired) electrons. The molecule has 1 spiro atoms. The first-order valence-corrected chi connectivity index (χ1v) is 11.4. The maximum Gasteiger partial charge on any atom is 0.242 e. The molecular formula is C23H20ClN5O5. The summed E-state index contributed by atoms with van der Waals surface area (Å²) in [5.41, 5.74) is 1.55. The number of amides is 2. The molecule has 3 aliphatic heterocycles. The van der Waals surface area contributed by atoms with Gasteiger partial charge in [-0.1, -0.05) is 16.8 Å². The summed E-state index contributed by atoms with van der Waals surface area (Å²) in [6.07, 6.45) is 2.21. The minimum Gasteiger partial charge on any atom is -0.372 e. The number of carbonyl (C=O) groups is 3. The summed E-state index contributed by atoms with van der Waals surface area (Å²) in [5.74, 6) is -1.60. The summed E-state index contributed by atoms with van der Waals surface area (Å²) in [5, 5.41) is 15.3. The first-order chi connectivity index (χ1) is 16.3. The van der Waals surface area contributed by atoms with Gasteiger partial charge >= 0.3 is 0 Å². The van der Waals surface area contributed by atoms with Crippen LogP contribution in [0.5, 0.6) is 0 Å². The van der Waals surface area contributed by atoms with E-state index in [-0.39, 0.29) is 18.9 Å². The largest absolute Gasteiger partial charge is 0.372 e. The predicted octanol–water partition coefficient (Wildman–Crippen LogP) is 2.08. The molecule has 11 heteroatoms. The number of rotatable bonds is 1. The van der Waals surface area contributed by atoms with Gasteiger partial charge in [-0.2, -0.15) is 10.2 Å². The van der Waals surface area contributed by atoms with Gasteiger partial charge in [0.25, 0.3) is 0 Å². The van der Waals surface area contributed by atoms with E-state index in [1.54, 1.807) is 18.5 Å². The number of anilines is 1. The van der Waals surface area contributed by atoms with Crippen LogP contribution in [0, 0.1) is 5.41 Å². The Morgan fingerprint density at radius 1 is 1.24 bits per heavy atom. The van der Waals surface area contributed by atoms with E-state index in [0.29, 0.717) is 45.0 Å². The second-order valence-corrected chi connectivity index (χ2v) is 9.49. The number of piperidine rings is 1. The lowest BCUT2D eigenvalue weighted by Gasteiger charge is -2.55. The van der Waals surface area contributed by atoms with Crippen molar-refractivity contribution in [2.45, 2.75) is 44.9 Å². The molecule has 2 fully saturated rings. The molecule has 0 saturated carbocycles. The minimum atomic E-state index is -1.48. The summed E-state index contributed by atoms with van der Waals surface area (Å²) in [4.78, 5) is 40.8. The summed E-state index contributed by atoms with van der Waals surface area (Å²) >= 11 is 6.92. The molecule has 3 aliphatic rings. The van der Waals surface area contributed by atoms with Crippen molar-refractivity contribution in [1.29, 1.82) is 0 Å². The van der Waals surface area contributed by atoms with E-state index in [9.17, 15) is 14.4 Å². The number of morpholine rings is 1. The molecule has 10 nitrogen and oxygen atoms in total. The second-order valence-electron chi connectivity index (χ2n) is 9.11. The molecule has 3 aromatic rings. The average Bonchev–Trinajstić information content (AvgIpc) is 3.21. The lowest BCUT2D eigenvalue weighted by atomic mass is 9.63. The van der Waals surface area contributed by atoms with Gasteiger partial charge in [0.2, 0.25) is 11.8 Å². The summed E-state index contributed by atoms with van der Waals surface area (Å²) in [6.45, 7) is 4.18. The van der Waals surface area contributed by atoms with Crippen molar-refractivity contribution in [2.75, 3.05) is 11.4 Å². The van der Waals surface area contributed by atoms with Crippen LogP contribution in [0.15, 0.2) is 29.0 Å². The highest BCUT2D eigenvalue weighted by atomic mass is 35.5. The Labute approximate surface area is 198 Å². The number of nitrogens with one attached hydrogen (secondary N) is 1. The van der Waals surface area contributed by atoms with Crippen LogP contribution in [-0.4, -0.2) is 57.7 Å². The molecule has 2 amide bonds. The Morgan fingerprint density at radius 3 is 2.79 bits per heavy atom. The molecule has 4 atom stereocenters. The number of nitrogens with zero attached hydrogens (tertiary/aromatic N) is 4. The monoisotopic (exact) mass is 481 g/mol. The zero-order valence-electron chi connectivity index (χ0n) is 18.4. The standard InChI is InChI=1S/C23H20ClN5O5/c1-10-9-29-19-13(5-14-18(12-3-4-25-26-8-12)28-34-20(14)17(19)24)7-23(21(29)11(2)33-10)15(30)6-16(31)27-22(23)32/h3-5,8,10-11,21H,6-7,9H2,1-2H3,(H,27,31,32)/t10-,11+,21-,23?/m1/s1. The predicted molar refractivity (Wildman–Crippen MR) is 120 cm³/mol. The van der Waals surface area contributed by atoms with Crippen molar-refractivity contribution in [1.82, 2.24) is 20.7 Å². The van der Waals surface area contributed by atoms with Gasteiger partial charge in [0.1, 0.15) is 16.1 Å². The number of hydrogen-bond donors (Lipinski definition) is 1. The van der Waals surface area contributed by atoms with Gasteiger partial charge < -0.3 is 14.2 Å². The first kappa shape index (κ1) is 21.2. The summed E-state index contributed by atoms with van der Waals surface area (Å²) in [6, 6.07) is 2.99. The van der Waals surface area contributed by atoms with Gasteiger partial charge in [0.05, 0.1) is 48.1 Å². The van der Waals surface area contributed by atoms with Crippen LogP contribution in [0.1, 0.15) is 25.8 Å². The summed E-state index contributed by atoms with van der Waals surface area (Å²) in [7, 11) is 0. The highest BCUT2D eigenvalue weighted by Crippen LogP contribution is 2.52. The molecule has 0 bridgehead atoms. The molecule has 1 aromatic carbocycles. The van der Waals surface area contributed by atoms with Crippen molar-refractivity contribution in [3.05, 3.63) is 35.1 Å². The summed E-state index contributed by atoms with van der Waals surface area (Å²) < 4.78 is 11.7. The van der Waals surface area contributed by atoms with Gasteiger partial charge in [0, 0.05) is 12.1 Å². The fourth-order valence-electron chi connectivity index (χ4n) is 5.79. The van der Waals surface area contributed by atoms with E-state index in [1.165, 1.54) is 0 Å². The molecule has 34 heavy (non-hydrogen) atoms. The highest BCUT2D eigenvalue weighted by Gasteiger charge is 2.62. The number of carbonyl (C=O) groups excluding carboxylic acids is 3. The number of fused-ring (bicyclic) bond motifs is 5. The van der Waals surface area contributed by atoms with Gasteiger partial charge in [-0.15, -0.1) is 0 Å². The SMILES string of the molecule is C[C@@H]1CN2c3c(cc4c(-c5ccnnc5)noc4c3Cl)CC3(C(=O)CC(=O)NC3=O)[C@H]2[C@H](C)O1. The zero-order valence-corrected chi connectivity index (χ0v) is 19.1. The van der Waals surface area contributed by atoms with E-state index < -0.39 is 35.2 Å². The van der Waals surface area contributed by atoms with Crippen molar-refractivity contribution in [3.63, 3.8) is 0 Å². The number of imide groups is 1. The molecule has 6 rings (SSSR count). The number of aromatic nitrogens is 3. The van der Waals surface area contributed by atoms with Crippen LogP contribution in [0.25, 0.3) is 22.2 Å². The van der Waals surface area contributed by atoms with Gasteiger partial charge in [-0.05, 0) is 38.0 Å². The quantitative estimate of drug-likeness (QED) is 0.410. The fourth-order valence-corrected chi connectivity index (χ4v) is 6.15. The molecule has 2 aromatic heterocycles. The van der Waals surface area contributed by atoms with Crippen molar-refractivity contribution in [2.24, 2.45) is 5.41 Å². The second kappa shape index (κ2) is 7.31. The number of halogens is 1. The molecular weight excluding hydrogens is 462 g/mol. The third-order valence-electron chi connectivity index (χ3n) is 7.04. The number of ether oxygens (including phenoxy) is 1. The Morgan fingerprint density at radius 2 is 2.06 bits per heavy atom. The Balaban J connectivity index is 1.61. The van der Waals surface area contributed by atoms with Crippen molar-refractivity contribution in [3.8, 4) is 11.3 Å². The van der Waals surface area contributed by atoms with E-state index >= 15 is 0 Å². The molecule has 1 N–H and O–H groups in total. The highest BCUT2D eigenvalue weighted by molar-refractivity contribution is 6.38. The number of benzene rings is 1. The van der Waals surface area contributed by atoms with Crippen LogP contribution in [0.3, 0.4) is 0 Å². The van der Waals surface area contributed by atoms with Crippen LogP contribution in [0.2, 0.25) is 5.02 Å². The Kier molecular flexibility index (Phi) is 4.56. The van der Waals surface area contributed by atoms with Crippen molar-refractivity contribution >= 4 is 45.9 Å². The lowest BCUT2D eigenvalue weighted by molar-refractivity contribution is -0.158. The third-order valence-corrected chi connectivity index (χ3v) is 7.39. The smallest absolute Gasteiger partial charge is 0.242 e. The van der Waals surface area contributed by atoms with Gasteiger partial charge in [-0.25, -0.2) is 0 Å². The minimum absolute atomic E-state index is 0.0817. The van der Waals surface area contributed by atoms with E-state index in [1.807, 2.05) is 24.8 Å². The Hall–Kier alpha value is -3.37. The fraction of sp³-hybridized carbons (Fsp3) is 0.391. The van der Waals surface area contributed by atoms with E-state index in [0.717, 1.165) is 0 Å². The number of Topliss-reactive ketones (excluding diaryl/α,β-unsaturated/α-hetero) is 1. The normalized spacial score (nSPS) is 28.7. The number of hydrogen-bond acceptors (Lipinski definition) is 9. The number of ketones is 1. The van der Waals surface area contributed by atoms with E-state index in [2.05, 4.69) is 20.7 Å². The van der Waals surface area contributed by atoms with Gasteiger partial charge in [-0.3, -0.25) is 19.7 Å². The molecule has 0 aliphatic carbocycles. The Bertz CT molecular complexity index is 1350. The topological polar surface area (TPSA) is 128 Å². The van der Waals surface area contributed by atoms with Crippen molar-refractivity contribution < 1.29 is 23.6 Å². The van der Waals surface area contributed by atoms with Gasteiger partial charge in [0.15, 0.2) is 11.4 Å². The third kappa shape index (κ3) is 2.78. The first-order valence-electron chi connectivity index (χ1n) is 11.0. The van der Waals surface area contributed by atoms with Crippen LogP contribution in [0.4, 0.5) is 5.69 Å². The molecule has 5 heterocycles. The molecule has 174 valence electrons. The van der Waals surface area contributed by atoms with E-state index in [4.69, 9.17) is 20.9 Å². The molecule has 1 unspecified atom stereocenters. The maximum absolute atomic E-state index is 13.4. The van der Waals surface area contributed by atoms with Crippen LogP contribution < -0.4 is 10.2 Å². The maximum atomic E-state index is 13.4. The lowest BCUT2D eigenvalue weighted by Crippen LogP contribution is -2.72. The molecule has 2 saturated heterocycles. The average molecular weight is 482 g/mol. The van der Waals surface area contributed by atoms with Crippen LogP contribution >= 0.6 is 11.6 Å².